The third-order valence-electron chi connectivity index (χ3n) is 8.86. The smallest absolute Gasteiger partial charge is 0.354 e. The first-order valence-electron chi connectivity index (χ1n) is 11.3. The lowest BCUT2D eigenvalue weighted by molar-refractivity contribution is -0.163. The van der Waals surface area contributed by atoms with E-state index in [0.29, 0.717) is 23.5 Å². The highest BCUT2D eigenvalue weighted by Gasteiger charge is 2.61. The van der Waals surface area contributed by atoms with Gasteiger partial charge in [-0.2, -0.15) is 0 Å². The summed E-state index contributed by atoms with van der Waals surface area (Å²) >= 11 is 0. The highest BCUT2D eigenvalue weighted by molar-refractivity contribution is 5.96. The van der Waals surface area contributed by atoms with Gasteiger partial charge in [-0.05, 0) is 67.9 Å². The van der Waals surface area contributed by atoms with Crippen LogP contribution in [-0.4, -0.2) is 31.9 Å². The lowest BCUT2D eigenvalue weighted by atomic mass is 9.44. The molecule has 2 saturated carbocycles. The predicted octanol–water partition coefficient (Wildman–Crippen LogP) is 5.28. The number of nitrogens with zero attached hydrogens (tertiary/aromatic N) is 1. The molecule has 2 fully saturated rings. The molecule has 166 valence electrons. The number of pyridine rings is 1. The zero-order chi connectivity index (χ0) is 22.3. The van der Waals surface area contributed by atoms with Gasteiger partial charge in [0.05, 0.1) is 0 Å². The number of carboxylic acids is 1. The van der Waals surface area contributed by atoms with Gasteiger partial charge in [0.2, 0.25) is 5.75 Å². The Bertz CT molecular complexity index is 1110. The summed E-state index contributed by atoms with van der Waals surface area (Å²) in [5, 5.41) is 31.4. The third-order valence-corrected chi connectivity index (χ3v) is 8.86. The molecule has 3 aliphatic rings. The normalized spacial score (nSPS) is 33.7. The van der Waals surface area contributed by atoms with E-state index in [1.54, 1.807) is 6.07 Å². The van der Waals surface area contributed by atoms with Gasteiger partial charge in [-0.25, -0.2) is 9.78 Å². The van der Waals surface area contributed by atoms with Crippen LogP contribution in [0.4, 0.5) is 0 Å². The number of rotatable bonds is 1. The van der Waals surface area contributed by atoms with Gasteiger partial charge >= 0.3 is 5.97 Å². The molecule has 1 aliphatic heterocycles. The number of fused-ring (bicyclic) bond motifs is 6. The van der Waals surface area contributed by atoms with Crippen molar-refractivity contribution in [1.82, 2.24) is 4.98 Å². The van der Waals surface area contributed by atoms with E-state index in [0.717, 1.165) is 24.8 Å². The minimum absolute atomic E-state index is 0.112. The first-order chi connectivity index (χ1) is 14.5. The number of benzene rings is 1. The number of aromatic hydroxyl groups is 2. The fourth-order valence-electron chi connectivity index (χ4n) is 7.41. The number of phenolic OH excluding ortho intramolecular Hbond substituents is 2. The standard InChI is InChI=1S/C25H31NO5/c1-23(2)9-5-10-24(3)16(23)8-11-25(4)17(24)12-14-13-6-7-15(22(29)30)26-18(13)19(27)20(28)21(14)31-25/h6-7,16-17,27-28H,5,8-12H2,1-4H3,(H,29,30)/t16-,17+,24-,25+/m0/s1. The zero-order valence-electron chi connectivity index (χ0n) is 18.7. The van der Waals surface area contributed by atoms with Crippen LogP contribution in [0.15, 0.2) is 12.1 Å². The van der Waals surface area contributed by atoms with E-state index in [1.807, 2.05) is 0 Å². The molecule has 1 aromatic carbocycles. The number of aromatic nitrogens is 1. The van der Waals surface area contributed by atoms with Crippen LogP contribution in [0.25, 0.3) is 10.9 Å². The molecule has 2 aliphatic carbocycles. The van der Waals surface area contributed by atoms with Crippen LogP contribution in [0.3, 0.4) is 0 Å². The molecule has 6 heteroatoms. The summed E-state index contributed by atoms with van der Waals surface area (Å²) in [6, 6.07) is 3.13. The van der Waals surface area contributed by atoms with E-state index in [-0.39, 0.29) is 33.7 Å². The minimum atomic E-state index is -1.17. The topological polar surface area (TPSA) is 99.9 Å². The van der Waals surface area contributed by atoms with Crippen molar-refractivity contribution in [3.8, 4) is 17.2 Å². The lowest BCUT2D eigenvalue weighted by Crippen LogP contribution is -2.61. The summed E-state index contributed by atoms with van der Waals surface area (Å²) in [5.41, 5.74) is 0.749. The third kappa shape index (κ3) is 2.69. The average Bonchev–Trinajstić information content (AvgIpc) is 2.70. The molecular formula is C25H31NO5. The maximum absolute atomic E-state index is 11.4. The number of carbonyl (C=O) groups is 1. The number of aromatic carboxylic acids is 1. The number of carboxylic acid groups (broad SMARTS) is 1. The van der Waals surface area contributed by atoms with Crippen molar-refractivity contribution in [3.63, 3.8) is 0 Å². The second-order valence-electron chi connectivity index (χ2n) is 11.0. The van der Waals surface area contributed by atoms with Gasteiger partial charge in [-0.1, -0.05) is 27.2 Å². The molecule has 0 radical (unpaired) electrons. The lowest BCUT2D eigenvalue weighted by Gasteiger charge is -2.63. The molecular weight excluding hydrogens is 394 g/mol. The molecule has 6 nitrogen and oxygen atoms in total. The molecule has 4 atom stereocenters. The summed E-state index contributed by atoms with van der Waals surface area (Å²) in [6.45, 7) is 9.35. The van der Waals surface area contributed by atoms with Gasteiger partial charge in [0.15, 0.2) is 11.5 Å². The Morgan fingerprint density at radius 1 is 1.06 bits per heavy atom. The highest BCUT2D eigenvalue weighted by atomic mass is 16.5. The fourth-order valence-corrected chi connectivity index (χ4v) is 7.41. The first-order valence-corrected chi connectivity index (χ1v) is 11.3. The summed E-state index contributed by atoms with van der Waals surface area (Å²) in [4.78, 5) is 15.5. The summed E-state index contributed by atoms with van der Waals surface area (Å²) < 4.78 is 6.55. The van der Waals surface area contributed by atoms with E-state index < -0.39 is 17.3 Å². The highest BCUT2D eigenvalue weighted by Crippen LogP contribution is 2.65. The molecule has 0 unspecified atom stereocenters. The Labute approximate surface area is 182 Å². The molecule has 2 aromatic rings. The van der Waals surface area contributed by atoms with Crippen LogP contribution >= 0.6 is 0 Å². The number of phenols is 2. The van der Waals surface area contributed by atoms with Crippen molar-refractivity contribution in [2.24, 2.45) is 22.7 Å². The largest absolute Gasteiger partial charge is 0.503 e. The van der Waals surface area contributed by atoms with Gasteiger partial charge in [0.25, 0.3) is 0 Å². The zero-order valence-corrected chi connectivity index (χ0v) is 18.7. The summed E-state index contributed by atoms with van der Waals surface area (Å²) in [7, 11) is 0. The Balaban J connectivity index is 1.69. The van der Waals surface area contributed by atoms with Crippen molar-refractivity contribution < 1.29 is 24.9 Å². The molecule has 0 amide bonds. The van der Waals surface area contributed by atoms with Gasteiger partial charge in [0, 0.05) is 16.9 Å². The average molecular weight is 426 g/mol. The van der Waals surface area contributed by atoms with Crippen LogP contribution in [0, 0.1) is 22.7 Å². The molecule has 31 heavy (non-hydrogen) atoms. The SMILES string of the molecule is CC1(C)CCC[C@]2(C)[C@H]3Cc4c(c(O)c(O)c5nc(C(=O)O)ccc45)O[C@]3(C)CC[C@@H]12. The van der Waals surface area contributed by atoms with Gasteiger partial charge < -0.3 is 20.1 Å². The van der Waals surface area contributed by atoms with Crippen LogP contribution in [0.1, 0.15) is 75.9 Å². The maximum atomic E-state index is 11.4. The Kier molecular flexibility index (Phi) is 4.13. The summed E-state index contributed by atoms with van der Waals surface area (Å²) in [5.74, 6) is -0.742. The Morgan fingerprint density at radius 2 is 1.81 bits per heavy atom. The van der Waals surface area contributed by atoms with Gasteiger partial charge in [0.1, 0.15) is 16.8 Å². The van der Waals surface area contributed by atoms with Crippen molar-refractivity contribution >= 4 is 16.9 Å². The van der Waals surface area contributed by atoms with Crippen molar-refractivity contribution in [2.75, 3.05) is 0 Å². The van der Waals surface area contributed by atoms with E-state index in [1.165, 1.54) is 18.9 Å². The van der Waals surface area contributed by atoms with Crippen molar-refractivity contribution in [2.45, 2.75) is 71.8 Å². The number of ether oxygens (including phenoxy) is 1. The van der Waals surface area contributed by atoms with Crippen LogP contribution in [0.2, 0.25) is 0 Å². The second-order valence-corrected chi connectivity index (χ2v) is 11.0. The molecule has 0 saturated heterocycles. The summed E-state index contributed by atoms with van der Waals surface area (Å²) in [6.07, 6.45) is 6.32. The van der Waals surface area contributed by atoms with E-state index in [9.17, 15) is 20.1 Å². The van der Waals surface area contributed by atoms with E-state index in [4.69, 9.17) is 4.74 Å². The molecule has 3 N–H and O–H groups in total. The molecule has 2 heterocycles. The minimum Gasteiger partial charge on any atom is -0.503 e. The van der Waals surface area contributed by atoms with Crippen molar-refractivity contribution in [1.29, 1.82) is 0 Å². The quantitative estimate of drug-likeness (QED) is 0.538. The first kappa shape index (κ1) is 20.4. The predicted molar refractivity (Wildman–Crippen MR) is 117 cm³/mol. The molecule has 1 aromatic heterocycles. The second kappa shape index (κ2) is 6.27. The fraction of sp³-hybridized carbons (Fsp3) is 0.600. The van der Waals surface area contributed by atoms with Crippen LogP contribution in [-0.2, 0) is 6.42 Å². The number of hydrogen-bond acceptors (Lipinski definition) is 5. The van der Waals surface area contributed by atoms with E-state index in [2.05, 4.69) is 32.7 Å². The van der Waals surface area contributed by atoms with Crippen molar-refractivity contribution in [3.05, 3.63) is 23.4 Å². The van der Waals surface area contributed by atoms with Crippen LogP contribution < -0.4 is 4.74 Å². The van der Waals surface area contributed by atoms with E-state index >= 15 is 0 Å². The van der Waals surface area contributed by atoms with Crippen LogP contribution in [0.5, 0.6) is 17.2 Å². The molecule has 0 bridgehead atoms. The number of hydrogen-bond donors (Lipinski definition) is 3. The monoisotopic (exact) mass is 425 g/mol. The van der Waals surface area contributed by atoms with Gasteiger partial charge in [-0.15, -0.1) is 0 Å². The van der Waals surface area contributed by atoms with Gasteiger partial charge in [-0.3, -0.25) is 0 Å². The maximum Gasteiger partial charge on any atom is 0.354 e. The molecule has 0 spiro atoms. The Morgan fingerprint density at radius 3 is 2.52 bits per heavy atom. The molecule has 5 rings (SSSR count). The Hall–Kier alpha value is -2.50.